The van der Waals surface area contributed by atoms with Crippen molar-refractivity contribution in [1.82, 2.24) is 10.5 Å². The molecule has 2 aromatic rings. The second kappa shape index (κ2) is 6.25. The van der Waals surface area contributed by atoms with Crippen LogP contribution in [-0.2, 0) is 29.6 Å². The van der Waals surface area contributed by atoms with Crippen LogP contribution in [0.5, 0.6) is 11.5 Å². The molecule has 2 heterocycles. The van der Waals surface area contributed by atoms with Gasteiger partial charge in [-0.05, 0) is 37.0 Å². The molecule has 4 rings (SSSR count). The van der Waals surface area contributed by atoms with E-state index in [0.29, 0.717) is 5.13 Å². The number of aliphatic imine (C=N–C) groups is 1. The molecule has 6 nitrogen and oxygen atoms in total. The molecule has 0 amide bonds. The molecule has 1 aliphatic carbocycles. The Balaban J connectivity index is 0.00000144. The molecule has 0 spiro atoms. The third-order valence-corrected chi connectivity index (χ3v) is 4.65. The molecule has 1 aliphatic heterocycles. The molecule has 1 radical (unpaired) electrons. The number of aromatic nitrogens is 1. The Morgan fingerprint density at radius 1 is 1.27 bits per heavy atom. The molecule has 2 N–H and O–H groups in total. The van der Waals surface area contributed by atoms with Gasteiger partial charge in [-0.3, -0.25) is 10.7 Å². The summed E-state index contributed by atoms with van der Waals surface area (Å²) in [6, 6.07) is 4.07. The van der Waals surface area contributed by atoms with E-state index >= 15 is 0 Å². The average Bonchev–Trinajstić information content (AvgIpc) is 3.07. The third kappa shape index (κ3) is 2.58. The molecular weight excluding hydrogens is 349 g/mol. The maximum atomic E-state index is 8.59. The largest absolute Gasteiger partial charge is 2.00 e. The van der Waals surface area contributed by atoms with Crippen LogP contribution in [0.1, 0.15) is 16.9 Å². The predicted octanol–water partition coefficient (Wildman–Crippen LogP) is 2.66. The van der Waals surface area contributed by atoms with Gasteiger partial charge in [0.05, 0.1) is 5.69 Å². The number of nitrogens with one attached hydrogen (secondary N) is 1. The van der Waals surface area contributed by atoms with E-state index in [0.717, 1.165) is 42.0 Å². The summed E-state index contributed by atoms with van der Waals surface area (Å²) in [7, 11) is 0. The van der Waals surface area contributed by atoms with Crippen molar-refractivity contribution in [3.8, 4) is 22.8 Å². The molecule has 8 heteroatoms. The van der Waals surface area contributed by atoms with Crippen LogP contribution in [-0.4, -0.2) is 23.3 Å². The zero-order valence-corrected chi connectivity index (χ0v) is 13.3. The second-order valence-electron chi connectivity index (χ2n) is 4.87. The van der Waals surface area contributed by atoms with Crippen LogP contribution in [0, 0.1) is 0 Å². The number of rotatable bonds is 2. The van der Waals surface area contributed by atoms with Gasteiger partial charge < -0.3 is 9.47 Å². The summed E-state index contributed by atoms with van der Waals surface area (Å²) in [5.74, 6) is 1.59. The Morgan fingerprint density at radius 3 is 2.91 bits per heavy atom. The Morgan fingerprint density at radius 2 is 2.09 bits per heavy atom. The summed E-state index contributed by atoms with van der Waals surface area (Å²) < 4.78 is 10.9. The van der Waals surface area contributed by atoms with Crippen LogP contribution in [0.25, 0.3) is 11.3 Å². The van der Waals surface area contributed by atoms with E-state index in [1.54, 1.807) is 11.3 Å². The van der Waals surface area contributed by atoms with Gasteiger partial charge in [-0.1, -0.05) is 11.3 Å². The minimum atomic E-state index is 0. The van der Waals surface area contributed by atoms with Gasteiger partial charge in [0.15, 0.2) is 11.5 Å². The summed E-state index contributed by atoms with van der Waals surface area (Å²) >= 11 is 1.55. The number of benzene rings is 1. The molecule has 2 aliphatic rings. The first kappa shape index (κ1) is 15.3. The van der Waals surface area contributed by atoms with Crippen LogP contribution >= 0.6 is 11.3 Å². The van der Waals surface area contributed by atoms with Crippen LogP contribution in [0.15, 0.2) is 17.1 Å². The third-order valence-electron chi connectivity index (χ3n) is 3.62. The standard InChI is InChI=1S/C14H13N3O3S.Co/c18-16-6-15-14-17-13-9-5-11-10(19-7-20-11)4-8(9)2-1-3-12(13)21-14;/h4-6,18H,1-3,7H2,(H,15,16,17);/q;+2. The Bertz CT molecular complexity index is 732. The van der Waals surface area contributed by atoms with Crippen LogP contribution in [0.4, 0.5) is 5.13 Å². The van der Waals surface area contributed by atoms with Crippen LogP contribution < -0.4 is 15.0 Å². The first-order chi connectivity index (χ1) is 10.3. The monoisotopic (exact) mass is 362 g/mol. The maximum Gasteiger partial charge on any atom is 2.00 e. The average molecular weight is 362 g/mol. The topological polar surface area (TPSA) is 76.0 Å². The first-order valence-corrected chi connectivity index (χ1v) is 7.51. The zero-order valence-electron chi connectivity index (χ0n) is 11.5. The van der Waals surface area contributed by atoms with Crippen LogP contribution in [0.2, 0.25) is 0 Å². The molecule has 0 atom stereocenters. The van der Waals surface area contributed by atoms with Crippen molar-refractivity contribution in [2.24, 2.45) is 4.99 Å². The SMILES string of the molecule is ON/C=N\c1nc2c(s1)CCCc1cc3c(cc1-2)OCO3.[Co+2]. The number of thiazole rings is 1. The van der Waals surface area contributed by atoms with Crippen molar-refractivity contribution in [2.75, 3.05) is 6.79 Å². The zero-order chi connectivity index (χ0) is 14.2. The summed E-state index contributed by atoms with van der Waals surface area (Å²) in [6.07, 6.45) is 4.28. The summed E-state index contributed by atoms with van der Waals surface area (Å²) in [4.78, 5) is 9.88. The van der Waals surface area contributed by atoms with E-state index in [4.69, 9.17) is 14.7 Å². The molecule has 1 aromatic heterocycles. The number of aryl methyl sites for hydroxylation is 2. The van der Waals surface area contributed by atoms with E-state index in [1.807, 2.05) is 11.5 Å². The quantitative estimate of drug-likeness (QED) is 0.488. The molecule has 0 unspecified atom stereocenters. The molecule has 1 aromatic carbocycles. The van der Waals surface area contributed by atoms with E-state index in [-0.39, 0.29) is 23.6 Å². The molecule has 0 saturated heterocycles. The van der Waals surface area contributed by atoms with Crippen LogP contribution in [0.3, 0.4) is 0 Å². The Kier molecular flexibility index (Phi) is 4.34. The minimum Gasteiger partial charge on any atom is -0.454 e. The van der Waals surface area contributed by atoms with E-state index < -0.39 is 0 Å². The van der Waals surface area contributed by atoms with E-state index in [2.05, 4.69) is 16.0 Å². The fourth-order valence-electron chi connectivity index (χ4n) is 2.71. The predicted molar refractivity (Wildman–Crippen MR) is 78.8 cm³/mol. The maximum absolute atomic E-state index is 8.59. The van der Waals surface area contributed by atoms with Gasteiger partial charge in [0.1, 0.15) is 6.34 Å². The van der Waals surface area contributed by atoms with Crippen molar-refractivity contribution in [3.63, 3.8) is 0 Å². The summed E-state index contributed by atoms with van der Waals surface area (Å²) in [5.41, 5.74) is 5.20. The normalized spacial score (nSPS) is 15.0. The van der Waals surface area contributed by atoms with Gasteiger partial charge in [0.2, 0.25) is 11.9 Å². The number of hydrogen-bond acceptors (Lipinski definition) is 6. The fraction of sp³-hybridized carbons (Fsp3) is 0.286. The summed E-state index contributed by atoms with van der Waals surface area (Å²) in [6.45, 7) is 0.278. The minimum absolute atomic E-state index is 0. The van der Waals surface area contributed by atoms with Gasteiger partial charge in [0, 0.05) is 10.4 Å². The molecule has 0 fully saturated rings. The van der Waals surface area contributed by atoms with Crippen molar-refractivity contribution in [2.45, 2.75) is 19.3 Å². The van der Waals surface area contributed by atoms with Gasteiger partial charge in [-0.15, -0.1) is 0 Å². The molecule has 0 bridgehead atoms. The Hall–Kier alpha value is -1.61. The van der Waals surface area contributed by atoms with Crippen molar-refractivity contribution in [3.05, 3.63) is 22.6 Å². The molecule has 22 heavy (non-hydrogen) atoms. The molecule has 0 saturated carbocycles. The first-order valence-electron chi connectivity index (χ1n) is 6.70. The van der Waals surface area contributed by atoms with E-state index in [1.165, 1.54) is 16.8 Å². The van der Waals surface area contributed by atoms with Gasteiger partial charge in [-0.25, -0.2) is 9.98 Å². The van der Waals surface area contributed by atoms with Crippen molar-refractivity contribution >= 4 is 22.8 Å². The number of fused-ring (bicyclic) bond motifs is 4. The smallest absolute Gasteiger partial charge is 0.454 e. The van der Waals surface area contributed by atoms with Gasteiger partial charge in [-0.2, -0.15) is 0 Å². The molecule has 115 valence electrons. The number of hydroxylamine groups is 1. The van der Waals surface area contributed by atoms with Crippen molar-refractivity contribution in [1.29, 1.82) is 0 Å². The fourth-order valence-corrected chi connectivity index (χ4v) is 3.67. The van der Waals surface area contributed by atoms with Gasteiger partial charge >= 0.3 is 16.8 Å². The number of hydrogen-bond donors (Lipinski definition) is 2. The summed E-state index contributed by atoms with van der Waals surface area (Å²) in [5, 5.41) is 9.22. The Labute approximate surface area is 141 Å². The molecular formula is C14H13CoN3O3S+2. The second-order valence-corrected chi connectivity index (χ2v) is 5.93. The van der Waals surface area contributed by atoms with E-state index in [9.17, 15) is 0 Å². The number of nitrogens with zero attached hydrogens (tertiary/aromatic N) is 2. The number of ether oxygens (including phenoxy) is 2. The van der Waals surface area contributed by atoms with Gasteiger partial charge in [0.25, 0.3) is 0 Å². The van der Waals surface area contributed by atoms with Crippen molar-refractivity contribution < 1.29 is 31.5 Å².